The second kappa shape index (κ2) is 5.93. The normalized spacial score (nSPS) is 26.2. The molecule has 0 radical (unpaired) electrons. The SMILES string of the molecule is N[C@@H]1CCCc2ccc(OCCC3CCCO3)cc21. The highest BCUT2D eigenvalue weighted by molar-refractivity contribution is 5.39. The van der Waals surface area contributed by atoms with Crippen LogP contribution in [0.25, 0.3) is 0 Å². The van der Waals surface area contributed by atoms with E-state index in [1.54, 1.807) is 0 Å². The Balaban J connectivity index is 1.57. The molecule has 1 aromatic rings. The Labute approximate surface area is 115 Å². The van der Waals surface area contributed by atoms with Gasteiger partial charge in [-0.05, 0) is 55.4 Å². The van der Waals surface area contributed by atoms with Gasteiger partial charge in [-0.25, -0.2) is 0 Å². The smallest absolute Gasteiger partial charge is 0.119 e. The van der Waals surface area contributed by atoms with E-state index in [9.17, 15) is 0 Å². The largest absolute Gasteiger partial charge is 0.493 e. The van der Waals surface area contributed by atoms with Crippen molar-refractivity contribution in [2.75, 3.05) is 13.2 Å². The molecule has 0 saturated carbocycles. The van der Waals surface area contributed by atoms with Crippen LogP contribution >= 0.6 is 0 Å². The first kappa shape index (κ1) is 12.9. The number of hydrogen-bond acceptors (Lipinski definition) is 3. The van der Waals surface area contributed by atoms with Gasteiger partial charge in [0.1, 0.15) is 5.75 Å². The molecule has 3 heteroatoms. The third-order valence-electron chi connectivity index (χ3n) is 4.21. The molecular weight excluding hydrogens is 238 g/mol. The summed E-state index contributed by atoms with van der Waals surface area (Å²) >= 11 is 0. The highest BCUT2D eigenvalue weighted by atomic mass is 16.5. The Bertz CT molecular complexity index is 427. The van der Waals surface area contributed by atoms with Gasteiger partial charge in [0.15, 0.2) is 0 Å². The Kier molecular flexibility index (Phi) is 4.04. The molecular formula is C16H23NO2. The molecule has 0 aromatic heterocycles. The van der Waals surface area contributed by atoms with Crippen LogP contribution in [0.2, 0.25) is 0 Å². The van der Waals surface area contributed by atoms with Gasteiger partial charge < -0.3 is 15.2 Å². The van der Waals surface area contributed by atoms with Crippen molar-refractivity contribution in [2.45, 2.75) is 50.7 Å². The number of hydrogen-bond donors (Lipinski definition) is 1. The average molecular weight is 261 g/mol. The number of aryl methyl sites for hydroxylation is 1. The van der Waals surface area contributed by atoms with Crippen molar-refractivity contribution < 1.29 is 9.47 Å². The first-order chi connectivity index (χ1) is 9.33. The summed E-state index contributed by atoms with van der Waals surface area (Å²) < 4.78 is 11.4. The van der Waals surface area contributed by atoms with Crippen molar-refractivity contribution >= 4 is 0 Å². The molecule has 104 valence electrons. The van der Waals surface area contributed by atoms with Gasteiger partial charge in [-0.1, -0.05) is 6.07 Å². The summed E-state index contributed by atoms with van der Waals surface area (Å²) in [5.41, 5.74) is 8.84. The van der Waals surface area contributed by atoms with Gasteiger partial charge in [0.05, 0.1) is 12.7 Å². The predicted octanol–water partition coefficient (Wildman–Crippen LogP) is 2.97. The Morgan fingerprint density at radius 1 is 1.26 bits per heavy atom. The summed E-state index contributed by atoms with van der Waals surface area (Å²) in [4.78, 5) is 0. The number of rotatable bonds is 4. The molecule has 1 aliphatic carbocycles. The van der Waals surface area contributed by atoms with Crippen LogP contribution in [0.3, 0.4) is 0 Å². The fourth-order valence-corrected chi connectivity index (χ4v) is 3.08. The Morgan fingerprint density at radius 3 is 3.05 bits per heavy atom. The minimum atomic E-state index is 0.186. The quantitative estimate of drug-likeness (QED) is 0.906. The third-order valence-corrected chi connectivity index (χ3v) is 4.21. The van der Waals surface area contributed by atoms with Gasteiger partial charge in [0, 0.05) is 19.1 Å². The second-order valence-corrected chi connectivity index (χ2v) is 5.63. The van der Waals surface area contributed by atoms with Gasteiger partial charge in [0.2, 0.25) is 0 Å². The summed E-state index contributed by atoms with van der Waals surface area (Å²) in [6, 6.07) is 6.57. The lowest BCUT2D eigenvalue weighted by atomic mass is 9.88. The number of ether oxygens (including phenoxy) is 2. The molecule has 3 rings (SSSR count). The van der Waals surface area contributed by atoms with E-state index >= 15 is 0 Å². The Hall–Kier alpha value is -1.06. The summed E-state index contributed by atoms with van der Waals surface area (Å²) in [5, 5.41) is 0. The van der Waals surface area contributed by atoms with E-state index in [2.05, 4.69) is 18.2 Å². The van der Waals surface area contributed by atoms with Gasteiger partial charge in [-0.2, -0.15) is 0 Å². The van der Waals surface area contributed by atoms with E-state index in [-0.39, 0.29) is 6.04 Å². The number of benzene rings is 1. The summed E-state index contributed by atoms with van der Waals surface area (Å²) in [6.45, 7) is 1.65. The fourth-order valence-electron chi connectivity index (χ4n) is 3.08. The first-order valence-electron chi connectivity index (χ1n) is 7.46. The van der Waals surface area contributed by atoms with Crippen molar-refractivity contribution in [1.82, 2.24) is 0 Å². The highest BCUT2D eigenvalue weighted by Crippen LogP contribution is 2.31. The minimum absolute atomic E-state index is 0.186. The van der Waals surface area contributed by atoms with Crippen molar-refractivity contribution in [3.05, 3.63) is 29.3 Å². The Morgan fingerprint density at radius 2 is 2.21 bits per heavy atom. The van der Waals surface area contributed by atoms with Gasteiger partial charge in [0.25, 0.3) is 0 Å². The van der Waals surface area contributed by atoms with Crippen LogP contribution in [0, 0.1) is 0 Å². The molecule has 1 aromatic carbocycles. The standard InChI is InChI=1S/C16H23NO2/c17-16-5-1-3-12-6-7-14(11-15(12)16)19-10-8-13-4-2-9-18-13/h6-7,11,13,16H,1-5,8-10,17H2/t13?,16-/m1/s1. The molecule has 0 amide bonds. The summed E-state index contributed by atoms with van der Waals surface area (Å²) in [7, 11) is 0. The van der Waals surface area contributed by atoms with Crippen LogP contribution in [0.5, 0.6) is 5.75 Å². The maximum atomic E-state index is 6.17. The molecule has 3 nitrogen and oxygen atoms in total. The molecule has 2 atom stereocenters. The lowest BCUT2D eigenvalue weighted by Crippen LogP contribution is -2.17. The van der Waals surface area contributed by atoms with Gasteiger partial charge in [-0.15, -0.1) is 0 Å². The van der Waals surface area contributed by atoms with Crippen LogP contribution in [0.1, 0.15) is 49.3 Å². The zero-order chi connectivity index (χ0) is 13.1. The van der Waals surface area contributed by atoms with Crippen molar-refractivity contribution in [3.8, 4) is 5.75 Å². The van der Waals surface area contributed by atoms with Crippen molar-refractivity contribution in [3.63, 3.8) is 0 Å². The molecule has 1 saturated heterocycles. The lowest BCUT2D eigenvalue weighted by Gasteiger charge is -2.23. The van der Waals surface area contributed by atoms with E-state index in [0.717, 1.165) is 38.2 Å². The van der Waals surface area contributed by atoms with Gasteiger partial charge in [-0.3, -0.25) is 0 Å². The van der Waals surface area contributed by atoms with Gasteiger partial charge >= 0.3 is 0 Å². The van der Waals surface area contributed by atoms with E-state index in [0.29, 0.717) is 6.10 Å². The van der Waals surface area contributed by atoms with E-state index < -0.39 is 0 Å². The van der Waals surface area contributed by atoms with Crippen LogP contribution in [-0.2, 0) is 11.2 Å². The molecule has 0 bridgehead atoms. The minimum Gasteiger partial charge on any atom is -0.493 e. The predicted molar refractivity (Wildman–Crippen MR) is 75.4 cm³/mol. The van der Waals surface area contributed by atoms with E-state index in [1.807, 2.05) is 0 Å². The number of nitrogens with two attached hydrogens (primary N) is 1. The maximum Gasteiger partial charge on any atom is 0.119 e. The second-order valence-electron chi connectivity index (χ2n) is 5.63. The average Bonchev–Trinajstić information content (AvgIpc) is 2.93. The molecule has 1 unspecified atom stereocenters. The monoisotopic (exact) mass is 261 g/mol. The molecule has 19 heavy (non-hydrogen) atoms. The molecule has 1 aliphatic heterocycles. The lowest BCUT2D eigenvalue weighted by molar-refractivity contribution is 0.0903. The van der Waals surface area contributed by atoms with Crippen LogP contribution in [0.4, 0.5) is 0 Å². The topological polar surface area (TPSA) is 44.5 Å². The summed E-state index contributed by atoms with van der Waals surface area (Å²) in [6.07, 6.45) is 7.21. The first-order valence-corrected chi connectivity index (χ1v) is 7.46. The zero-order valence-corrected chi connectivity index (χ0v) is 11.4. The molecule has 0 spiro atoms. The van der Waals surface area contributed by atoms with E-state index in [1.165, 1.54) is 30.4 Å². The zero-order valence-electron chi connectivity index (χ0n) is 11.4. The summed E-state index contributed by atoms with van der Waals surface area (Å²) in [5.74, 6) is 0.953. The van der Waals surface area contributed by atoms with Crippen LogP contribution < -0.4 is 10.5 Å². The fraction of sp³-hybridized carbons (Fsp3) is 0.625. The highest BCUT2D eigenvalue weighted by Gasteiger charge is 2.18. The molecule has 1 heterocycles. The molecule has 2 N–H and O–H groups in total. The molecule has 2 aliphatic rings. The third kappa shape index (κ3) is 3.10. The number of fused-ring (bicyclic) bond motifs is 1. The van der Waals surface area contributed by atoms with Crippen LogP contribution in [0.15, 0.2) is 18.2 Å². The van der Waals surface area contributed by atoms with E-state index in [4.69, 9.17) is 15.2 Å². The van der Waals surface area contributed by atoms with Crippen LogP contribution in [-0.4, -0.2) is 19.3 Å². The maximum absolute atomic E-state index is 6.17. The van der Waals surface area contributed by atoms with Crippen molar-refractivity contribution in [1.29, 1.82) is 0 Å². The van der Waals surface area contributed by atoms with Crippen molar-refractivity contribution in [2.24, 2.45) is 5.73 Å². The molecule has 1 fully saturated rings.